The Kier molecular flexibility index (Phi) is 6.75. The summed E-state index contributed by atoms with van der Waals surface area (Å²) in [5, 5.41) is 2.61. The van der Waals surface area contributed by atoms with Gasteiger partial charge in [-0.2, -0.15) is 0 Å². The molecule has 8 rings (SSSR count). The first-order valence-electron chi connectivity index (χ1n) is 14.9. The van der Waals surface area contributed by atoms with Gasteiger partial charge in [-0.3, -0.25) is 0 Å². The lowest BCUT2D eigenvalue weighted by atomic mass is 9.94. The Morgan fingerprint density at radius 3 is 1.48 bits per heavy atom. The maximum absolute atomic E-state index is 2.45. The Balaban J connectivity index is 1.40. The number of nitrogens with zero attached hydrogens (tertiary/aromatic N) is 1. The van der Waals surface area contributed by atoms with Crippen molar-refractivity contribution in [3.05, 3.63) is 176 Å². The molecular weight excluding hydrogens is 551 g/mol. The summed E-state index contributed by atoms with van der Waals surface area (Å²) >= 11 is 1.86. The molecule has 208 valence electrons. The van der Waals surface area contributed by atoms with Gasteiger partial charge in [0.2, 0.25) is 0 Å². The summed E-state index contributed by atoms with van der Waals surface area (Å²) in [5.74, 6) is 0. The molecule has 0 aliphatic heterocycles. The van der Waals surface area contributed by atoms with Gasteiger partial charge < -0.3 is 4.90 Å². The van der Waals surface area contributed by atoms with Crippen molar-refractivity contribution in [1.82, 2.24) is 0 Å². The zero-order valence-electron chi connectivity index (χ0n) is 24.1. The topological polar surface area (TPSA) is 3.24 Å². The normalized spacial score (nSPS) is 11.2. The van der Waals surface area contributed by atoms with Gasteiger partial charge in [0.05, 0.1) is 5.69 Å². The summed E-state index contributed by atoms with van der Waals surface area (Å²) in [7, 11) is 0. The van der Waals surface area contributed by atoms with Crippen molar-refractivity contribution < 1.29 is 0 Å². The van der Waals surface area contributed by atoms with E-state index in [0.29, 0.717) is 0 Å². The Morgan fingerprint density at radius 1 is 0.341 bits per heavy atom. The van der Waals surface area contributed by atoms with Gasteiger partial charge in [-0.1, -0.05) is 146 Å². The van der Waals surface area contributed by atoms with Crippen LogP contribution in [0.1, 0.15) is 0 Å². The van der Waals surface area contributed by atoms with Gasteiger partial charge in [0, 0.05) is 42.7 Å². The molecule has 0 unspecified atom stereocenters. The molecule has 2 heteroatoms. The predicted molar refractivity (Wildman–Crippen MR) is 190 cm³/mol. The van der Waals surface area contributed by atoms with Crippen LogP contribution in [0.5, 0.6) is 0 Å². The Bertz CT molecular complexity index is 2140. The van der Waals surface area contributed by atoms with Gasteiger partial charge in [-0.25, -0.2) is 0 Å². The number of rotatable bonds is 6. The molecule has 1 heterocycles. The van der Waals surface area contributed by atoms with Gasteiger partial charge in [0.1, 0.15) is 0 Å². The van der Waals surface area contributed by atoms with Crippen molar-refractivity contribution >= 4 is 48.6 Å². The summed E-state index contributed by atoms with van der Waals surface area (Å²) in [4.78, 5) is 2.45. The van der Waals surface area contributed by atoms with Crippen molar-refractivity contribution in [2.75, 3.05) is 4.90 Å². The number of hydrogen-bond acceptors (Lipinski definition) is 2. The quantitative estimate of drug-likeness (QED) is 0.189. The highest BCUT2D eigenvalue weighted by molar-refractivity contribution is 7.25. The second-order valence-corrected chi connectivity index (χ2v) is 12.0. The van der Waals surface area contributed by atoms with Crippen LogP contribution >= 0.6 is 11.3 Å². The Morgan fingerprint density at radius 2 is 0.841 bits per heavy atom. The number of anilines is 3. The van der Waals surface area contributed by atoms with Crippen LogP contribution < -0.4 is 4.90 Å². The fraction of sp³-hybridized carbons (Fsp3) is 0. The van der Waals surface area contributed by atoms with Crippen LogP contribution in [0.3, 0.4) is 0 Å². The molecule has 0 spiro atoms. The molecule has 0 bridgehead atoms. The number of benzene rings is 7. The highest BCUT2D eigenvalue weighted by Gasteiger charge is 2.22. The molecule has 1 nitrogen and oxygen atoms in total. The largest absolute Gasteiger partial charge is 0.309 e. The molecule has 0 N–H and O–H groups in total. The fourth-order valence-electron chi connectivity index (χ4n) is 6.18. The molecule has 7 aromatic carbocycles. The molecule has 0 radical (unpaired) electrons. The number of thiophene rings is 1. The minimum Gasteiger partial charge on any atom is -0.309 e. The van der Waals surface area contributed by atoms with E-state index in [-0.39, 0.29) is 0 Å². The molecule has 0 atom stereocenters. The van der Waals surface area contributed by atoms with E-state index in [0.717, 1.165) is 17.1 Å². The maximum Gasteiger partial charge on any atom is 0.0618 e. The molecule has 0 saturated heterocycles. The van der Waals surface area contributed by atoms with Crippen molar-refractivity contribution in [2.45, 2.75) is 0 Å². The summed E-state index contributed by atoms with van der Waals surface area (Å²) < 4.78 is 2.60. The van der Waals surface area contributed by atoms with E-state index in [9.17, 15) is 0 Å². The van der Waals surface area contributed by atoms with Crippen LogP contribution in [-0.2, 0) is 0 Å². The molecule has 0 amide bonds. The van der Waals surface area contributed by atoms with E-state index in [1.807, 2.05) is 11.3 Å². The number of fused-ring (bicyclic) bond motifs is 3. The third-order valence-corrected chi connectivity index (χ3v) is 9.42. The standard InChI is InChI=1S/C42H29NS/c1-4-13-30(14-5-1)31-23-25-34(26-24-31)43(35-27-28-39-38-19-10-11-22-40(38)44-41(39)29-35)42-36(32-15-6-2-7-16-32)20-12-21-37(42)33-17-8-3-9-18-33/h1-29H. The third kappa shape index (κ3) is 4.76. The predicted octanol–water partition coefficient (Wildman–Crippen LogP) is 12.5. The zero-order valence-corrected chi connectivity index (χ0v) is 24.9. The molecule has 0 aliphatic carbocycles. The van der Waals surface area contributed by atoms with E-state index >= 15 is 0 Å². The second-order valence-electron chi connectivity index (χ2n) is 11.0. The average molecular weight is 580 g/mol. The van der Waals surface area contributed by atoms with Crippen molar-refractivity contribution in [3.8, 4) is 33.4 Å². The molecule has 1 aromatic heterocycles. The minimum atomic E-state index is 1.12. The Hall–Kier alpha value is -5.44. The SMILES string of the molecule is c1ccc(-c2ccc(N(c3ccc4c(c3)sc3ccccc34)c3c(-c4ccccc4)cccc3-c3ccccc3)cc2)cc1. The first kappa shape index (κ1) is 26.2. The molecule has 44 heavy (non-hydrogen) atoms. The maximum atomic E-state index is 2.45. The van der Waals surface area contributed by atoms with Crippen LogP contribution in [0, 0.1) is 0 Å². The van der Waals surface area contributed by atoms with Gasteiger partial charge in [0.25, 0.3) is 0 Å². The van der Waals surface area contributed by atoms with Crippen LogP contribution in [-0.4, -0.2) is 0 Å². The average Bonchev–Trinajstić information content (AvgIpc) is 3.48. The van der Waals surface area contributed by atoms with E-state index < -0.39 is 0 Å². The number of hydrogen-bond donors (Lipinski definition) is 0. The van der Waals surface area contributed by atoms with Crippen molar-refractivity contribution in [1.29, 1.82) is 0 Å². The summed E-state index contributed by atoms with van der Waals surface area (Å²) in [6.45, 7) is 0. The van der Waals surface area contributed by atoms with Crippen LogP contribution in [0.25, 0.3) is 53.6 Å². The van der Waals surface area contributed by atoms with Crippen LogP contribution in [0.2, 0.25) is 0 Å². The second kappa shape index (κ2) is 11.3. The van der Waals surface area contributed by atoms with Crippen molar-refractivity contribution in [2.24, 2.45) is 0 Å². The van der Waals surface area contributed by atoms with E-state index in [1.165, 1.54) is 53.6 Å². The molecular formula is C42H29NS. The lowest BCUT2D eigenvalue weighted by Gasteiger charge is -2.30. The third-order valence-electron chi connectivity index (χ3n) is 8.28. The first-order valence-corrected chi connectivity index (χ1v) is 15.8. The smallest absolute Gasteiger partial charge is 0.0618 e. The Labute approximate surface area is 261 Å². The van der Waals surface area contributed by atoms with Crippen LogP contribution in [0.4, 0.5) is 17.1 Å². The van der Waals surface area contributed by atoms with E-state index in [2.05, 4.69) is 181 Å². The number of para-hydroxylation sites is 1. The zero-order chi connectivity index (χ0) is 29.3. The van der Waals surface area contributed by atoms with Crippen LogP contribution in [0.15, 0.2) is 176 Å². The van der Waals surface area contributed by atoms with Gasteiger partial charge in [0.15, 0.2) is 0 Å². The molecule has 0 fully saturated rings. The molecule has 0 saturated carbocycles. The van der Waals surface area contributed by atoms with E-state index in [1.54, 1.807) is 0 Å². The fourth-order valence-corrected chi connectivity index (χ4v) is 7.32. The lowest BCUT2D eigenvalue weighted by molar-refractivity contribution is 1.29. The molecule has 8 aromatic rings. The summed E-state index contributed by atoms with van der Waals surface area (Å²) in [6, 6.07) is 63.4. The minimum absolute atomic E-state index is 1.12. The highest BCUT2D eigenvalue weighted by Crippen LogP contribution is 2.48. The van der Waals surface area contributed by atoms with Gasteiger partial charge >= 0.3 is 0 Å². The first-order chi connectivity index (χ1) is 21.8. The monoisotopic (exact) mass is 579 g/mol. The van der Waals surface area contributed by atoms with Gasteiger partial charge in [-0.15, -0.1) is 11.3 Å². The summed E-state index contributed by atoms with van der Waals surface area (Å²) in [5.41, 5.74) is 10.6. The van der Waals surface area contributed by atoms with Gasteiger partial charge in [-0.05, 0) is 52.6 Å². The highest BCUT2D eigenvalue weighted by atomic mass is 32.1. The van der Waals surface area contributed by atoms with E-state index in [4.69, 9.17) is 0 Å². The molecule has 0 aliphatic rings. The van der Waals surface area contributed by atoms with Crippen molar-refractivity contribution in [3.63, 3.8) is 0 Å². The lowest BCUT2D eigenvalue weighted by Crippen LogP contribution is -2.12. The summed E-state index contributed by atoms with van der Waals surface area (Å²) in [6.07, 6.45) is 0.